The molecule has 158 valence electrons. The highest BCUT2D eigenvalue weighted by Crippen LogP contribution is 2.26. The van der Waals surface area contributed by atoms with Crippen LogP contribution in [0.25, 0.3) is 0 Å². The highest BCUT2D eigenvalue weighted by Gasteiger charge is 2.28. The van der Waals surface area contributed by atoms with Crippen molar-refractivity contribution in [1.29, 1.82) is 0 Å². The van der Waals surface area contributed by atoms with Crippen molar-refractivity contribution in [3.05, 3.63) is 35.4 Å². The van der Waals surface area contributed by atoms with E-state index >= 15 is 0 Å². The summed E-state index contributed by atoms with van der Waals surface area (Å²) in [6.45, 7) is 1.25. The SMILES string of the molecule is CCOC(=O)C(CC[C@H](CNCC(F)(F)F)c1cccc(F)c1F)NC(C)=O. The van der Waals surface area contributed by atoms with Crippen LogP contribution in [0.15, 0.2) is 18.2 Å². The summed E-state index contributed by atoms with van der Waals surface area (Å²) in [7, 11) is 0. The average molecular weight is 410 g/mol. The van der Waals surface area contributed by atoms with Crippen molar-refractivity contribution < 1.29 is 36.3 Å². The Balaban J connectivity index is 2.95. The lowest BCUT2D eigenvalue weighted by molar-refractivity contribution is -0.147. The Morgan fingerprint density at radius 2 is 1.86 bits per heavy atom. The van der Waals surface area contributed by atoms with Gasteiger partial charge in [0, 0.05) is 13.5 Å². The highest BCUT2D eigenvalue weighted by atomic mass is 19.4. The van der Waals surface area contributed by atoms with Gasteiger partial charge >= 0.3 is 12.1 Å². The van der Waals surface area contributed by atoms with Crippen molar-refractivity contribution in [3.8, 4) is 0 Å². The first-order chi connectivity index (χ1) is 13.0. The van der Waals surface area contributed by atoms with E-state index in [0.717, 1.165) is 6.07 Å². The predicted molar refractivity (Wildman–Crippen MR) is 91.5 cm³/mol. The highest BCUT2D eigenvalue weighted by molar-refractivity contribution is 5.83. The lowest BCUT2D eigenvalue weighted by atomic mass is 9.91. The molecule has 0 radical (unpaired) electrons. The number of nitrogens with one attached hydrogen (secondary N) is 2. The second kappa shape index (κ2) is 10.9. The van der Waals surface area contributed by atoms with Crippen molar-refractivity contribution in [2.75, 3.05) is 19.7 Å². The van der Waals surface area contributed by atoms with Crippen LogP contribution in [0, 0.1) is 11.6 Å². The molecule has 28 heavy (non-hydrogen) atoms. The van der Waals surface area contributed by atoms with E-state index in [-0.39, 0.29) is 31.6 Å². The molecule has 0 aliphatic heterocycles. The van der Waals surface area contributed by atoms with Crippen LogP contribution in [0.3, 0.4) is 0 Å². The Hall–Kier alpha value is -2.23. The van der Waals surface area contributed by atoms with Gasteiger partial charge < -0.3 is 15.4 Å². The molecule has 0 aliphatic rings. The number of carbonyl (C=O) groups is 2. The molecule has 5 nitrogen and oxygen atoms in total. The minimum Gasteiger partial charge on any atom is -0.464 e. The molecule has 1 rings (SSSR count). The fraction of sp³-hybridized carbons (Fsp3) is 0.556. The molecule has 1 unspecified atom stereocenters. The van der Waals surface area contributed by atoms with Crippen LogP contribution in [0.2, 0.25) is 0 Å². The number of hydrogen-bond donors (Lipinski definition) is 2. The first-order valence-electron chi connectivity index (χ1n) is 8.70. The topological polar surface area (TPSA) is 67.4 Å². The summed E-state index contributed by atoms with van der Waals surface area (Å²) in [5.41, 5.74) is -0.111. The first kappa shape index (κ1) is 23.8. The number of benzene rings is 1. The molecule has 0 saturated heterocycles. The van der Waals surface area contributed by atoms with Gasteiger partial charge in [-0.25, -0.2) is 13.6 Å². The summed E-state index contributed by atoms with van der Waals surface area (Å²) >= 11 is 0. The number of esters is 1. The minimum atomic E-state index is -4.46. The van der Waals surface area contributed by atoms with Gasteiger partial charge in [0.05, 0.1) is 13.2 Å². The lowest BCUT2D eigenvalue weighted by Gasteiger charge is -2.22. The van der Waals surface area contributed by atoms with Gasteiger partial charge in [0.2, 0.25) is 5.91 Å². The second-order valence-electron chi connectivity index (χ2n) is 6.17. The molecule has 0 heterocycles. The molecule has 0 aliphatic carbocycles. The fourth-order valence-corrected chi connectivity index (χ4v) is 2.70. The number of halogens is 5. The van der Waals surface area contributed by atoms with Crippen molar-refractivity contribution in [3.63, 3.8) is 0 Å². The Morgan fingerprint density at radius 3 is 2.43 bits per heavy atom. The standard InChI is InChI=1S/C18H23F5N2O3/c1-3-28-17(27)15(25-11(2)26)8-7-12(9-24-10-18(21,22)23)13-5-4-6-14(19)16(13)20/h4-6,12,15,24H,3,7-10H2,1-2H3,(H,25,26)/t12-,15?/m1/s1. The van der Waals surface area contributed by atoms with E-state index in [0.29, 0.717) is 0 Å². The Kier molecular flexibility index (Phi) is 9.30. The number of carbonyl (C=O) groups excluding carboxylic acids is 2. The molecule has 1 aromatic carbocycles. The molecule has 1 aromatic rings. The normalized spacial score (nSPS) is 13.7. The van der Waals surface area contributed by atoms with E-state index in [2.05, 4.69) is 10.6 Å². The Bertz CT molecular complexity index is 667. The van der Waals surface area contributed by atoms with Crippen molar-refractivity contribution in [2.45, 2.75) is 44.8 Å². The lowest BCUT2D eigenvalue weighted by Crippen LogP contribution is -2.41. The third kappa shape index (κ3) is 8.20. The van der Waals surface area contributed by atoms with Crippen molar-refractivity contribution in [1.82, 2.24) is 10.6 Å². The van der Waals surface area contributed by atoms with Crippen LogP contribution in [-0.4, -0.2) is 43.8 Å². The molecular weight excluding hydrogens is 387 g/mol. The third-order valence-electron chi connectivity index (χ3n) is 3.89. The summed E-state index contributed by atoms with van der Waals surface area (Å²) in [5, 5.41) is 4.57. The zero-order valence-electron chi connectivity index (χ0n) is 15.5. The van der Waals surface area contributed by atoms with E-state index in [1.807, 2.05) is 0 Å². The molecule has 0 aromatic heterocycles. The van der Waals surface area contributed by atoms with Crippen molar-refractivity contribution >= 4 is 11.9 Å². The van der Waals surface area contributed by atoms with Gasteiger partial charge in [-0.15, -0.1) is 0 Å². The van der Waals surface area contributed by atoms with Gasteiger partial charge in [-0.2, -0.15) is 13.2 Å². The maximum absolute atomic E-state index is 14.1. The largest absolute Gasteiger partial charge is 0.464 e. The van der Waals surface area contributed by atoms with Gasteiger partial charge in [-0.3, -0.25) is 4.79 Å². The summed E-state index contributed by atoms with van der Waals surface area (Å²) in [6, 6.07) is 2.38. The van der Waals surface area contributed by atoms with Gasteiger partial charge in [-0.1, -0.05) is 12.1 Å². The average Bonchev–Trinajstić information content (AvgIpc) is 2.58. The third-order valence-corrected chi connectivity index (χ3v) is 3.89. The molecule has 0 bridgehead atoms. The van der Waals surface area contributed by atoms with Gasteiger partial charge in [0.25, 0.3) is 0 Å². The number of amides is 1. The molecular formula is C18H23F5N2O3. The van der Waals surface area contributed by atoms with Crippen LogP contribution in [0.5, 0.6) is 0 Å². The van der Waals surface area contributed by atoms with Crippen LogP contribution < -0.4 is 10.6 Å². The number of rotatable bonds is 10. The fourth-order valence-electron chi connectivity index (χ4n) is 2.70. The summed E-state index contributed by atoms with van der Waals surface area (Å²) in [5.74, 6) is -4.35. The molecule has 2 atom stereocenters. The van der Waals surface area contributed by atoms with Crippen LogP contribution in [-0.2, 0) is 14.3 Å². The van der Waals surface area contributed by atoms with Crippen molar-refractivity contribution in [2.24, 2.45) is 0 Å². The number of hydrogen-bond acceptors (Lipinski definition) is 4. The van der Waals surface area contributed by atoms with Crippen LogP contribution in [0.1, 0.15) is 38.2 Å². The first-order valence-corrected chi connectivity index (χ1v) is 8.70. The summed E-state index contributed by atoms with van der Waals surface area (Å²) in [6.07, 6.45) is -4.48. The van der Waals surface area contributed by atoms with E-state index in [4.69, 9.17) is 4.74 Å². The minimum absolute atomic E-state index is 0.00892. The summed E-state index contributed by atoms with van der Waals surface area (Å²) in [4.78, 5) is 23.3. The van der Waals surface area contributed by atoms with Crippen LogP contribution in [0.4, 0.5) is 22.0 Å². The number of alkyl halides is 3. The molecule has 10 heteroatoms. The Morgan fingerprint density at radius 1 is 1.18 bits per heavy atom. The van der Waals surface area contributed by atoms with E-state index in [1.54, 1.807) is 6.92 Å². The Labute approximate surface area is 159 Å². The monoisotopic (exact) mass is 410 g/mol. The molecule has 0 spiro atoms. The summed E-state index contributed by atoms with van der Waals surface area (Å²) < 4.78 is 69.7. The molecule has 0 saturated carbocycles. The number of ether oxygens (including phenoxy) is 1. The van der Waals surface area contributed by atoms with E-state index in [9.17, 15) is 31.5 Å². The predicted octanol–water partition coefficient (Wildman–Crippen LogP) is 3.05. The smallest absolute Gasteiger partial charge is 0.401 e. The molecule has 2 N–H and O–H groups in total. The second-order valence-corrected chi connectivity index (χ2v) is 6.17. The zero-order chi connectivity index (χ0) is 21.3. The molecule has 1 amide bonds. The maximum atomic E-state index is 14.1. The van der Waals surface area contributed by atoms with E-state index in [1.165, 1.54) is 19.1 Å². The van der Waals surface area contributed by atoms with Gasteiger partial charge in [0.1, 0.15) is 6.04 Å². The quantitative estimate of drug-likeness (QED) is 0.460. The van der Waals surface area contributed by atoms with E-state index < -0.39 is 48.2 Å². The molecule has 0 fully saturated rings. The van der Waals surface area contributed by atoms with Crippen LogP contribution >= 0.6 is 0 Å². The van der Waals surface area contributed by atoms with Gasteiger partial charge in [-0.05, 0) is 37.3 Å². The zero-order valence-corrected chi connectivity index (χ0v) is 15.5. The maximum Gasteiger partial charge on any atom is 0.401 e. The van der Waals surface area contributed by atoms with Gasteiger partial charge in [0.15, 0.2) is 11.6 Å².